The molecule has 6 heteroatoms. The average Bonchev–Trinajstić information content (AvgIpc) is 2.79. The smallest absolute Gasteiger partial charge is 0.276 e. The number of nitrogens with two attached hydrogens (primary N) is 1. The molecule has 17 heavy (non-hydrogen) atoms. The minimum absolute atomic E-state index is 0.511. The van der Waals surface area contributed by atoms with E-state index in [0.29, 0.717) is 22.7 Å². The first-order valence-corrected chi connectivity index (χ1v) is 6.58. The van der Waals surface area contributed by atoms with Gasteiger partial charge in [-0.3, -0.25) is 0 Å². The highest BCUT2D eigenvalue weighted by atomic mass is 35.5. The van der Waals surface area contributed by atoms with Crippen LogP contribution in [0.1, 0.15) is 6.42 Å². The van der Waals surface area contributed by atoms with E-state index in [-0.39, 0.29) is 0 Å². The number of aromatic nitrogens is 2. The molecule has 0 unspecified atom stereocenters. The highest BCUT2D eigenvalue weighted by molar-refractivity contribution is 7.99. The minimum atomic E-state index is 0.511. The van der Waals surface area contributed by atoms with E-state index < -0.39 is 0 Å². The van der Waals surface area contributed by atoms with Crippen LogP contribution in [0.15, 0.2) is 33.9 Å². The van der Waals surface area contributed by atoms with Gasteiger partial charge in [-0.15, -0.1) is 10.2 Å². The van der Waals surface area contributed by atoms with Crippen molar-refractivity contribution < 1.29 is 4.42 Å². The van der Waals surface area contributed by atoms with Crippen molar-refractivity contribution in [2.75, 3.05) is 12.3 Å². The van der Waals surface area contributed by atoms with Crippen molar-refractivity contribution in [3.05, 3.63) is 29.3 Å². The van der Waals surface area contributed by atoms with E-state index in [1.807, 2.05) is 12.1 Å². The molecular weight excluding hydrogens is 258 g/mol. The van der Waals surface area contributed by atoms with Crippen LogP contribution in [-0.4, -0.2) is 22.5 Å². The number of nitrogens with zero attached hydrogens (tertiary/aromatic N) is 2. The fourth-order valence-electron chi connectivity index (χ4n) is 1.22. The van der Waals surface area contributed by atoms with E-state index >= 15 is 0 Å². The summed E-state index contributed by atoms with van der Waals surface area (Å²) in [5, 5.41) is 9.20. The van der Waals surface area contributed by atoms with Crippen molar-refractivity contribution in [2.45, 2.75) is 11.6 Å². The van der Waals surface area contributed by atoms with Crippen LogP contribution in [0.25, 0.3) is 11.5 Å². The molecule has 0 aliphatic heterocycles. The first-order chi connectivity index (χ1) is 8.29. The van der Waals surface area contributed by atoms with Crippen molar-refractivity contribution in [3.8, 4) is 11.5 Å². The standard InChI is InChI=1S/C11H12ClN3OS/c12-9-4-2-8(3-5-9)10-14-15-11(16-10)17-7-1-6-13/h2-5H,1,6-7,13H2. The van der Waals surface area contributed by atoms with Crippen LogP contribution in [0.2, 0.25) is 5.02 Å². The molecule has 0 saturated heterocycles. The van der Waals surface area contributed by atoms with Crippen molar-refractivity contribution in [1.29, 1.82) is 0 Å². The van der Waals surface area contributed by atoms with E-state index in [9.17, 15) is 0 Å². The maximum atomic E-state index is 5.81. The summed E-state index contributed by atoms with van der Waals surface area (Å²) < 4.78 is 5.51. The van der Waals surface area contributed by atoms with Crippen LogP contribution in [-0.2, 0) is 0 Å². The molecule has 2 rings (SSSR count). The van der Waals surface area contributed by atoms with Gasteiger partial charge in [0.05, 0.1) is 0 Å². The Morgan fingerprint density at radius 3 is 2.71 bits per heavy atom. The van der Waals surface area contributed by atoms with Gasteiger partial charge >= 0.3 is 0 Å². The summed E-state index contributed by atoms with van der Waals surface area (Å²) in [4.78, 5) is 0. The number of hydrogen-bond acceptors (Lipinski definition) is 5. The summed E-state index contributed by atoms with van der Waals surface area (Å²) >= 11 is 7.32. The van der Waals surface area contributed by atoms with Gasteiger partial charge in [-0.25, -0.2) is 0 Å². The summed E-state index contributed by atoms with van der Waals surface area (Å²) in [5.74, 6) is 1.40. The van der Waals surface area contributed by atoms with E-state index in [1.165, 1.54) is 11.8 Å². The lowest BCUT2D eigenvalue weighted by Gasteiger charge is -1.94. The Labute approximate surface area is 109 Å². The maximum Gasteiger partial charge on any atom is 0.276 e. The molecule has 2 aromatic rings. The zero-order valence-corrected chi connectivity index (χ0v) is 10.7. The molecule has 0 fully saturated rings. The summed E-state index contributed by atoms with van der Waals surface area (Å²) in [5.41, 5.74) is 6.28. The van der Waals surface area contributed by atoms with Crippen LogP contribution in [0.4, 0.5) is 0 Å². The normalized spacial score (nSPS) is 10.7. The minimum Gasteiger partial charge on any atom is -0.411 e. The molecular formula is C11H12ClN3OS. The van der Waals surface area contributed by atoms with Gasteiger partial charge in [-0.2, -0.15) is 0 Å². The molecule has 0 bridgehead atoms. The van der Waals surface area contributed by atoms with Crippen molar-refractivity contribution >= 4 is 23.4 Å². The number of rotatable bonds is 5. The second-order valence-corrected chi connectivity index (χ2v) is 4.85. The Morgan fingerprint density at radius 2 is 2.00 bits per heavy atom. The molecule has 90 valence electrons. The highest BCUT2D eigenvalue weighted by Gasteiger charge is 2.08. The molecule has 1 aromatic heterocycles. The van der Waals surface area contributed by atoms with Crippen LogP contribution < -0.4 is 5.73 Å². The average molecular weight is 270 g/mol. The van der Waals surface area contributed by atoms with Gasteiger partial charge < -0.3 is 10.2 Å². The Bertz CT molecular complexity index is 472. The molecule has 4 nitrogen and oxygen atoms in total. The summed E-state index contributed by atoms with van der Waals surface area (Å²) in [7, 11) is 0. The zero-order chi connectivity index (χ0) is 12.1. The van der Waals surface area contributed by atoms with Gasteiger partial charge in [-0.05, 0) is 37.2 Å². The quantitative estimate of drug-likeness (QED) is 0.668. The van der Waals surface area contributed by atoms with Gasteiger partial charge in [0, 0.05) is 16.3 Å². The lowest BCUT2D eigenvalue weighted by Crippen LogP contribution is -1.99. The van der Waals surface area contributed by atoms with Crippen LogP contribution in [0.5, 0.6) is 0 Å². The first-order valence-electron chi connectivity index (χ1n) is 5.22. The van der Waals surface area contributed by atoms with Gasteiger partial charge in [0.15, 0.2) is 0 Å². The number of halogens is 1. The fraction of sp³-hybridized carbons (Fsp3) is 0.273. The summed E-state index contributed by atoms with van der Waals surface area (Å²) in [6.45, 7) is 0.672. The molecule has 0 spiro atoms. The molecule has 0 radical (unpaired) electrons. The molecule has 0 aliphatic rings. The molecule has 0 saturated carbocycles. The Hall–Kier alpha value is -1.04. The lowest BCUT2D eigenvalue weighted by atomic mass is 10.2. The molecule has 0 atom stereocenters. The predicted molar refractivity (Wildman–Crippen MR) is 69.1 cm³/mol. The van der Waals surface area contributed by atoms with Gasteiger partial charge in [0.25, 0.3) is 5.22 Å². The van der Waals surface area contributed by atoms with E-state index in [1.54, 1.807) is 12.1 Å². The largest absolute Gasteiger partial charge is 0.411 e. The third-order valence-corrected chi connectivity index (χ3v) is 3.23. The molecule has 0 aliphatic carbocycles. The van der Waals surface area contributed by atoms with Crippen LogP contribution in [0.3, 0.4) is 0 Å². The Balaban J connectivity index is 2.04. The maximum absolute atomic E-state index is 5.81. The van der Waals surface area contributed by atoms with E-state index in [2.05, 4.69) is 10.2 Å². The van der Waals surface area contributed by atoms with E-state index in [0.717, 1.165) is 17.7 Å². The van der Waals surface area contributed by atoms with Gasteiger partial charge in [0.2, 0.25) is 5.89 Å². The number of benzene rings is 1. The van der Waals surface area contributed by atoms with Gasteiger partial charge in [-0.1, -0.05) is 23.4 Å². The van der Waals surface area contributed by atoms with Crippen LogP contribution in [0, 0.1) is 0 Å². The monoisotopic (exact) mass is 269 g/mol. The predicted octanol–water partition coefficient (Wildman–Crippen LogP) is 2.83. The third-order valence-electron chi connectivity index (χ3n) is 2.07. The molecule has 0 amide bonds. The van der Waals surface area contributed by atoms with Gasteiger partial charge in [0.1, 0.15) is 0 Å². The van der Waals surface area contributed by atoms with Crippen molar-refractivity contribution in [1.82, 2.24) is 10.2 Å². The molecule has 1 aromatic carbocycles. The molecule has 2 N–H and O–H groups in total. The second kappa shape index (κ2) is 6.05. The fourth-order valence-corrected chi connectivity index (χ4v) is 2.07. The summed E-state index contributed by atoms with van der Waals surface area (Å²) in [6.07, 6.45) is 0.934. The molecule has 1 heterocycles. The van der Waals surface area contributed by atoms with Crippen molar-refractivity contribution in [3.63, 3.8) is 0 Å². The summed E-state index contributed by atoms with van der Waals surface area (Å²) in [6, 6.07) is 7.29. The third kappa shape index (κ3) is 3.46. The highest BCUT2D eigenvalue weighted by Crippen LogP contribution is 2.24. The second-order valence-electron chi connectivity index (χ2n) is 3.37. The zero-order valence-electron chi connectivity index (χ0n) is 9.10. The van der Waals surface area contributed by atoms with Crippen LogP contribution >= 0.6 is 23.4 Å². The number of thioether (sulfide) groups is 1. The first kappa shape index (κ1) is 12.4. The number of hydrogen-bond donors (Lipinski definition) is 1. The Kier molecular flexibility index (Phi) is 4.42. The Morgan fingerprint density at radius 1 is 1.24 bits per heavy atom. The SMILES string of the molecule is NCCCSc1nnc(-c2ccc(Cl)cc2)o1. The topological polar surface area (TPSA) is 64.9 Å². The van der Waals surface area contributed by atoms with E-state index in [4.69, 9.17) is 21.8 Å². The lowest BCUT2D eigenvalue weighted by molar-refractivity contribution is 0.466. The van der Waals surface area contributed by atoms with Crippen molar-refractivity contribution in [2.24, 2.45) is 5.73 Å².